The molecule has 0 saturated carbocycles. The molecule has 3 rings (SSSR count). The molecule has 140 valence electrons. The van der Waals surface area contributed by atoms with Crippen LogP contribution >= 0.6 is 0 Å². The van der Waals surface area contributed by atoms with E-state index in [9.17, 15) is 13.2 Å². The molecule has 1 atom stereocenters. The number of nitrogens with zero attached hydrogens (tertiary/aromatic N) is 2. The van der Waals surface area contributed by atoms with Gasteiger partial charge in [-0.25, -0.2) is 13.1 Å². The van der Waals surface area contributed by atoms with Crippen LogP contribution < -0.4 is 14.8 Å². The van der Waals surface area contributed by atoms with Gasteiger partial charge in [-0.3, -0.25) is 4.79 Å². The van der Waals surface area contributed by atoms with Crippen LogP contribution in [0.3, 0.4) is 0 Å². The molecule has 1 amide bonds. The molecule has 1 fully saturated rings. The number of hydrogen-bond acceptors (Lipinski definition) is 6. The summed E-state index contributed by atoms with van der Waals surface area (Å²) in [4.78, 5) is 12.2. The summed E-state index contributed by atoms with van der Waals surface area (Å²) in [5.74, 6) is 1.46. The minimum Gasteiger partial charge on any atom is -0.497 e. The molecule has 0 unspecified atom stereocenters. The zero-order valence-electron chi connectivity index (χ0n) is 14.6. The number of carbonyl (C=O) groups is 1. The molecule has 1 aromatic heterocycles. The molecule has 1 aromatic carbocycles. The zero-order chi connectivity index (χ0) is 18.7. The smallest absolute Gasteiger partial charge is 0.263 e. The maximum absolute atomic E-state index is 12.2. The second-order valence-corrected chi connectivity index (χ2v) is 8.42. The van der Waals surface area contributed by atoms with Gasteiger partial charge in [-0.1, -0.05) is 6.07 Å². The number of anilines is 1. The highest BCUT2D eigenvalue weighted by Crippen LogP contribution is 2.27. The van der Waals surface area contributed by atoms with Gasteiger partial charge in [0.2, 0.25) is 0 Å². The Balaban J connectivity index is 1.64. The van der Waals surface area contributed by atoms with Crippen molar-refractivity contribution in [2.24, 2.45) is 0 Å². The number of benzene rings is 1. The van der Waals surface area contributed by atoms with Gasteiger partial charge >= 0.3 is 0 Å². The molecule has 1 aliphatic heterocycles. The van der Waals surface area contributed by atoms with Crippen LogP contribution in [0.2, 0.25) is 0 Å². The highest BCUT2D eigenvalue weighted by atomic mass is 32.2. The van der Waals surface area contributed by atoms with Crippen LogP contribution in [0.5, 0.6) is 11.5 Å². The van der Waals surface area contributed by atoms with E-state index in [-0.39, 0.29) is 30.1 Å². The van der Waals surface area contributed by atoms with Gasteiger partial charge in [-0.15, -0.1) is 0 Å². The molecule has 0 bridgehead atoms. The molecule has 1 saturated heterocycles. The largest absolute Gasteiger partial charge is 0.497 e. The van der Waals surface area contributed by atoms with Gasteiger partial charge < -0.3 is 14.8 Å². The topological polar surface area (TPSA) is 99.5 Å². The van der Waals surface area contributed by atoms with Crippen molar-refractivity contribution in [3.05, 3.63) is 36.0 Å². The molecule has 9 heteroatoms. The summed E-state index contributed by atoms with van der Waals surface area (Å²) < 4.78 is 35.6. The van der Waals surface area contributed by atoms with E-state index in [1.54, 1.807) is 49.0 Å². The Hall–Kier alpha value is -2.55. The first-order valence-corrected chi connectivity index (χ1v) is 10.0. The molecule has 0 aliphatic carbocycles. The molecule has 0 radical (unpaired) electrons. The quantitative estimate of drug-likeness (QED) is 0.818. The first-order valence-electron chi connectivity index (χ1n) is 8.19. The van der Waals surface area contributed by atoms with Crippen molar-refractivity contribution >= 4 is 21.6 Å². The molecule has 2 aromatic rings. The summed E-state index contributed by atoms with van der Waals surface area (Å²) in [6.45, 7) is 1.61. The lowest BCUT2D eigenvalue weighted by molar-refractivity contribution is -0.118. The van der Waals surface area contributed by atoms with Crippen molar-refractivity contribution in [2.75, 3.05) is 30.5 Å². The molecular weight excluding hydrogens is 358 g/mol. The van der Waals surface area contributed by atoms with Crippen LogP contribution in [0.15, 0.2) is 30.3 Å². The molecular formula is C17H21N3O5S. The molecule has 1 N–H and O–H groups in total. The SMILES string of the molecule is COc1cccc(OCC(=O)Nc2cc(C)nn2[C@@H]2CCS(=O)(=O)C2)c1. The van der Waals surface area contributed by atoms with Gasteiger partial charge in [0.15, 0.2) is 16.4 Å². The van der Waals surface area contributed by atoms with Crippen molar-refractivity contribution in [3.8, 4) is 11.5 Å². The van der Waals surface area contributed by atoms with Gasteiger partial charge in [0.25, 0.3) is 5.91 Å². The van der Waals surface area contributed by atoms with Crippen LogP contribution in [-0.2, 0) is 14.6 Å². The molecule has 0 spiro atoms. The Bertz CT molecular complexity index is 907. The van der Waals surface area contributed by atoms with Crippen LogP contribution in [0.25, 0.3) is 0 Å². The van der Waals surface area contributed by atoms with Crippen molar-refractivity contribution < 1.29 is 22.7 Å². The number of rotatable bonds is 6. The average molecular weight is 379 g/mol. The van der Waals surface area contributed by atoms with E-state index in [2.05, 4.69) is 10.4 Å². The second kappa shape index (κ2) is 7.36. The van der Waals surface area contributed by atoms with Crippen molar-refractivity contribution in [1.29, 1.82) is 0 Å². The standard InChI is InChI=1S/C17H21N3O5S/c1-12-8-16(20(19-12)13-6-7-26(22,23)11-13)18-17(21)10-25-15-5-3-4-14(9-15)24-2/h3-5,8-9,13H,6-7,10-11H2,1-2H3,(H,18,21)/t13-/m1/s1. The predicted octanol–water partition coefficient (Wildman–Crippen LogP) is 1.58. The lowest BCUT2D eigenvalue weighted by Gasteiger charge is -2.14. The monoisotopic (exact) mass is 379 g/mol. The fourth-order valence-electron chi connectivity index (χ4n) is 2.88. The van der Waals surface area contributed by atoms with E-state index >= 15 is 0 Å². The maximum atomic E-state index is 12.2. The van der Waals surface area contributed by atoms with E-state index in [4.69, 9.17) is 9.47 Å². The third-order valence-electron chi connectivity index (χ3n) is 4.09. The minimum absolute atomic E-state index is 0.0390. The van der Waals surface area contributed by atoms with E-state index in [1.807, 2.05) is 0 Å². The van der Waals surface area contributed by atoms with Crippen LogP contribution in [0.4, 0.5) is 5.82 Å². The Kier molecular flexibility index (Phi) is 5.17. The van der Waals surface area contributed by atoms with Crippen molar-refractivity contribution in [1.82, 2.24) is 9.78 Å². The highest BCUT2D eigenvalue weighted by molar-refractivity contribution is 7.91. The number of hydrogen-bond donors (Lipinski definition) is 1. The number of aromatic nitrogens is 2. The Morgan fingerprint density at radius 2 is 2.12 bits per heavy atom. The zero-order valence-corrected chi connectivity index (χ0v) is 15.5. The molecule has 8 nitrogen and oxygen atoms in total. The lowest BCUT2D eigenvalue weighted by Crippen LogP contribution is -2.23. The average Bonchev–Trinajstić information content (AvgIpc) is 3.15. The maximum Gasteiger partial charge on any atom is 0.263 e. The Morgan fingerprint density at radius 3 is 2.81 bits per heavy atom. The predicted molar refractivity (Wildman–Crippen MR) is 96.4 cm³/mol. The summed E-state index contributed by atoms with van der Waals surface area (Å²) in [6.07, 6.45) is 0.493. The summed E-state index contributed by atoms with van der Waals surface area (Å²) >= 11 is 0. The van der Waals surface area contributed by atoms with E-state index in [1.165, 1.54) is 0 Å². The Labute approximate surface area is 152 Å². The highest BCUT2D eigenvalue weighted by Gasteiger charge is 2.31. The lowest BCUT2D eigenvalue weighted by atomic mass is 10.3. The number of amides is 1. The van der Waals surface area contributed by atoms with Crippen LogP contribution in [-0.4, -0.2) is 49.3 Å². The fraction of sp³-hybridized carbons (Fsp3) is 0.412. The second-order valence-electron chi connectivity index (χ2n) is 6.19. The summed E-state index contributed by atoms with van der Waals surface area (Å²) in [5.41, 5.74) is 0.707. The van der Waals surface area contributed by atoms with E-state index in [0.29, 0.717) is 29.4 Å². The van der Waals surface area contributed by atoms with E-state index in [0.717, 1.165) is 0 Å². The molecule has 26 heavy (non-hydrogen) atoms. The summed E-state index contributed by atoms with van der Waals surface area (Å²) in [7, 11) is -1.49. The first-order chi connectivity index (χ1) is 12.4. The fourth-order valence-corrected chi connectivity index (χ4v) is 4.57. The molecule has 2 heterocycles. The number of ether oxygens (including phenoxy) is 2. The van der Waals surface area contributed by atoms with Crippen LogP contribution in [0, 0.1) is 6.92 Å². The third-order valence-corrected chi connectivity index (χ3v) is 5.84. The number of aryl methyl sites for hydroxylation is 1. The first kappa shape index (κ1) is 18.2. The minimum atomic E-state index is -3.04. The summed E-state index contributed by atoms with van der Waals surface area (Å²) in [6, 6.07) is 8.42. The van der Waals surface area contributed by atoms with E-state index < -0.39 is 9.84 Å². The Morgan fingerprint density at radius 1 is 1.35 bits per heavy atom. The number of sulfone groups is 1. The van der Waals surface area contributed by atoms with Crippen molar-refractivity contribution in [3.63, 3.8) is 0 Å². The van der Waals surface area contributed by atoms with Gasteiger partial charge in [-0.2, -0.15) is 5.10 Å². The van der Waals surface area contributed by atoms with Crippen molar-refractivity contribution in [2.45, 2.75) is 19.4 Å². The van der Waals surface area contributed by atoms with Gasteiger partial charge in [-0.05, 0) is 25.5 Å². The van der Waals surface area contributed by atoms with Gasteiger partial charge in [0, 0.05) is 12.1 Å². The summed E-state index contributed by atoms with van der Waals surface area (Å²) in [5, 5.41) is 7.08. The normalized spacial score (nSPS) is 18.5. The number of carbonyl (C=O) groups excluding carboxylic acids is 1. The molecule has 1 aliphatic rings. The van der Waals surface area contributed by atoms with Crippen LogP contribution in [0.1, 0.15) is 18.2 Å². The van der Waals surface area contributed by atoms with Gasteiger partial charge in [0.05, 0.1) is 30.4 Å². The third kappa shape index (κ3) is 4.34. The van der Waals surface area contributed by atoms with Gasteiger partial charge in [0.1, 0.15) is 17.3 Å². The number of nitrogens with one attached hydrogen (secondary N) is 1. The number of methoxy groups -OCH3 is 1.